The standard InChI is InChI=1S/C14H15F3N4O/c15-14(16,17)12(19)10-6-7(13(20)21-10)5-9(18)8-3-1-2-4-11(8)22/h1-6,12,21-22H,18-20H2/b9-5-. The van der Waals surface area contributed by atoms with Crippen molar-refractivity contribution in [2.24, 2.45) is 11.5 Å². The van der Waals surface area contributed by atoms with E-state index in [4.69, 9.17) is 17.2 Å². The van der Waals surface area contributed by atoms with Crippen LogP contribution in [-0.4, -0.2) is 16.3 Å². The number of anilines is 1. The molecule has 0 spiro atoms. The molecule has 8 heteroatoms. The Morgan fingerprint density at radius 2 is 1.91 bits per heavy atom. The third-order valence-corrected chi connectivity index (χ3v) is 3.11. The highest BCUT2D eigenvalue weighted by Crippen LogP contribution is 2.32. The number of hydrogen-bond donors (Lipinski definition) is 5. The zero-order valence-corrected chi connectivity index (χ0v) is 11.4. The molecule has 0 saturated carbocycles. The van der Waals surface area contributed by atoms with Crippen molar-refractivity contribution in [3.63, 3.8) is 0 Å². The van der Waals surface area contributed by atoms with Gasteiger partial charge in [-0.3, -0.25) is 0 Å². The summed E-state index contributed by atoms with van der Waals surface area (Å²) < 4.78 is 37.8. The first-order chi connectivity index (χ1) is 10.2. The number of aromatic nitrogens is 1. The molecule has 0 aliphatic carbocycles. The van der Waals surface area contributed by atoms with E-state index in [1.54, 1.807) is 18.2 Å². The Kier molecular flexibility index (Phi) is 4.05. The Balaban J connectivity index is 2.37. The molecule has 2 aromatic rings. The van der Waals surface area contributed by atoms with Crippen molar-refractivity contribution in [1.82, 2.24) is 4.98 Å². The fraction of sp³-hybridized carbons (Fsp3) is 0.143. The van der Waals surface area contributed by atoms with Crippen LogP contribution in [0.25, 0.3) is 11.8 Å². The van der Waals surface area contributed by atoms with Gasteiger partial charge in [-0.05, 0) is 24.3 Å². The second-order valence-corrected chi connectivity index (χ2v) is 4.73. The maximum atomic E-state index is 12.6. The van der Waals surface area contributed by atoms with E-state index in [0.717, 1.165) is 0 Å². The van der Waals surface area contributed by atoms with Crippen LogP contribution in [0.4, 0.5) is 19.0 Å². The van der Waals surface area contributed by atoms with Gasteiger partial charge in [0.05, 0.1) is 0 Å². The number of nitrogens with one attached hydrogen (secondary N) is 1. The molecule has 0 bridgehead atoms. The normalized spacial score (nSPS) is 14.1. The summed E-state index contributed by atoms with van der Waals surface area (Å²) in [5.74, 6) is -0.0364. The first-order valence-corrected chi connectivity index (χ1v) is 6.26. The number of aromatic amines is 1. The van der Waals surface area contributed by atoms with Crippen LogP contribution in [0.1, 0.15) is 22.9 Å². The minimum absolute atomic E-state index is 0.00747. The molecule has 118 valence electrons. The van der Waals surface area contributed by atoms with Crippen molar-refractivity contribution < 1.29 is 18.3 Å². The molecule has 1 aromatic heterocycles. The molecule has 0 saturated heterocycles. The van der Waals surface area contributed by atoms with Gasteiger partial charge in [-0.2, -0.15) is 13.2 Å². The lowest BCUT2D eigenvalue weighted by Gasteiger charge is -2.13. The van der Waals surface area contributed by atoms with Crippen LogP contribution in [0.5, 0.6) is 5.75 Å². The molecule has 1 unspecified atom stereocenters. The summed E-state index contributed by atoms with van der Waals surface area (Å²) in [6.45, 7) is 0. The molecular formula is C14H15F3N4O. The van der Waals surface area contributed by atoms with Crippen molar-refractivity contribution in [3.8, 4) is 5.75 Å². The number of hydrogen-bond acceptors (Lipinski definition) is 4. The summed E-state index contributed by atoms with van der Waals surface area (Å²) in [7, 11) is 0. The lowest BCUT2D eigenvalue weighted by atomic mass is 10.1. The van der Waals surface area contributed by atoms with Crippen molar-refractivity contribution in [1.29, 1.82) is 0 Å². The van der Waals surface area contributed by atoms with E-state index >= 15 is 0 Å². The number of halogens is 3. The van der Waals surface area contributed by atoms with Gasteiger partial charge in [-0.15, -0.1) is 0 Å². The molecule has 0 amide bonds. The highest BCUT2D eigenvalue weighted by atomic mass is 19.4. The number of H-pyrrole nitrogens is 1. The Labute approximate surface area is 124 Å². The summed E-state index contributed by atoms with van der Waals surface area (Å²) in [4.78, 5) is 2.39. The van der Waals surface area contributed by atoms with Gasteiger partial charge in [0.1, 0.15) is 17.6 Å². The topological polar surface area (TPSA) is 114 Å². The van der Waals surface area contributed by atoms with Gasteiger partial charge in [0.15, 0.2) is 0 Å². The summed E-state index contributed by atoms with van der Waals surface area (Å²) in [6, 6.07) is 5.33. The average Bonchev–Trinajstić information content (AvgIpc) is 2.78. The van der Waals surface area contributed by atoms with Gasteiger partial charge in [0, 0.05) is 22.5 Å². The molecule has 0 radical (unpaired) electrons. The van der Waals surface area contributed by atoms with Crippen LogP contribution >= 0.6 is 0 Å². The number of aromatic hydroxyl groups is 1. The van der Waals surface area contributed by atoms with Gasteiger partial charge < -0.3 is 27.3 Å². The van der Waals surface area contributed by atoms with Gasteiger partial charge in [-0.25, -0.2) is 0 Å². The smallest absolute Gasteiger partial charge is 0.409 e. The second-order valence-electron chi connectivity index (χ2n) is 4.73. The van der Waals surface area contributed by atoms with Crippen molar-refractivity contribution >= 4 is 17.6 Å². The highest BCUT2D eigenvalue weighted by Gasteiger charge is 2.39. The molecule has 0 fully saturated rings. The van der Waals surface area contributed by atoms with Gasteiger partial charge in [-0.1, -0.05) is 12.1 Å². The van der Waals surface area contributed by atoms with Gasteiger partial charge >= 0.3 is 6.18 Å². The molecule has 0 aliphatic heterocycles. The van der Waals surface area contributed by atoms with Crippen LogP contribution in [0.15, 0.2) is 30.3 Å². The molecular weight excluding hydrogens is 297 g/mol. The van der Waals surface area contributed by atoms with E-state index in [2.05, 4.69) is 4.98 Å². The zero-order chi connectivity index (χ0) is 16.5. The predicted molar refractivity (Wildman–Crippen MR) is 78.4 cm³/mol. The van der Waals surface area contributed by atoms with E-state index in [-0.39, 0.29) is 28.5 Å². The molecule has 1 heterocycles. The van der Waals surface area contributed by atoms with Crippen LogP contribution in [0.2, 0.25) is 0 Å². The third-order valence-electron chi connectivity index (χ3n) is 3.11. The minimum atomic E-state index is -4.58. The first-order valence-electron chi connectivity index (χ1n) is 6.26. The first kappa shape index (κ1) is 15.8. The lowest BCUT2D eigenvalue weighted by molar-refractivity contribution is -0.149. The third kappa shape index (κ3) is 3.17. The molecule has 22 heavy (non-hydrogen) atoms. The van der Waals surface area contributed by atoms with E-state index in [9.17, 15) is 18.3 Å². The summed E-state index contributed by atoms with van der Waals surface area (Å²) in [5.41, 5.74) is 17.1. The van der Waals surface area contributed by atoms with E-state index in [1.807, 2.05) is 0 Å². The predicted octanol–water partition coefficient (Wildman–Crippen LogP) is 2.32. The van der Waals surface area contributed by atoms with Crippen molar-refractivity contribution in [2.45, 2.75) is 12.2 Å². The summed E-state index contributed by atoms with van der Waals surface area (Å²) in [6.07, 6.45) is -3.21. The second kappa shape index (κ2) is 5.64. The van der Waals surface area contributed by atoms with Crippen molar-refractivity contribution in [3.05, 3.63) is 47.2 Å². The number of alkyl halides is 3. The number of nitrogens with two attached hydrogens (primary N) is 3. The molecule has 8 N–H and O–H groups in total. The average molecular weight is 312 g/mol. The van der Waals surface area contributed by atoms with E-state index in [0.29, 0.717) is 5.56 Å². The molecule has 5 nitrogen and oxygen atoms in total. The van der Waals surface area contributed by atoms with Crippen LogP contribution in [-0.2, 0) is 0 Å². The zero-order valence-electron chi connectivity index (χ0n) is 11.4. The Bertz CT molecular complexity index is 706. The Morgan fingerprint density at radius 3 is 2.50 bits per heavy atom. The number of phenolic OH excluding ortho intramolecular Hbond substituents is 1. The van der Waals surface area contributed by atoms with Gasteiger partial charge in [0.25, 0.3) is 0 Å². The molecule has 0 aliphatic rings. The van der Waals surface area contributed by atoms with Crippen LogP contribution < -0.4 is 17.2 Å². The molecule has 1 atom stereocenters. The SMILES string of the molecule is N/C(=C\c1cc(C(N)C(F)(F)F)[nH]c1N)c1ccccc1O. The summed E-state index contributed by atoms with van der Waals surface area (Å²) >= 11 is 0. The minimum Gasteiger partial charge on any atom is -0.507 e. The quantitative estimate of drug-likeness (QED) is 0.598. The Hall–Kier alpha value is -2.61. The number of phenols is 1. The molecule has 1 aromatic carbocycles. The highest BCUT2D eigenvalue weighted by molar-refractivity contribution is 5.84. The fourth-order valence-electron chi connectivity index (χ4n) is 1.94. The molecule has 2 rings (SSSR count). The lowest BCUT2D eigenvalue weighted by Crippen LogP contribution is -2.28. The maximum Gasteiger partial charge on any atom is 0.409 e. The fourth-order valence-corrected chi connectivity index (χ4v) is 1.94. The number of rotatable bonds is 3. The van der Waals surface area contributed by atoms with E-state index < -0.39 is 12.2 Å². The van der Waals surface area contributed by atoms with E-state index in [1.165, 1.54) is 18.2 Å². The van der Waals surface area contributed by atoms with Crippen molar-refractivity contribution in [2.75, 3.05) is 5.73 Å². The largest absolute Gasteiger partial charge is 0.507 e. The monoisotopic (exact) mass is 312 g/mol. The number of benzene rings is 1. The Morgan fingerprint density at radius 1 is 1.27 bits per heavy atom. The number of nitrogen functional groups attached to an aromatic ring is 1. The maximum absolute atomic E-state index is 12.6. The van der Waals surface area contributed by atoms with Gasteiger partial charge in [0.2, 0.25) is 0 Å². The summed E-state index contributed by atoms with van der Waals surface area (Å²) in [5, 5.41) is 9.70. The van der Waals surface area contributed by atoms with Crippen LogP contribution in [0, 0.1) is 0 Å². The number of para-hydroxylation sites is 1. The van der Waals surface area contributed by atoms with Crippen LogP contribution in [0.3, 0.4) is 0 Å².